The number of rotatable bonds is 3. The van der Waals surface area contributed by atoms with Crippen LogP contribution in [0.5, 0.6) is 0 Å². The Morgan fingerprint density at radius 3 is 3.00 bits per heavy atom. The largest absolute Gasteiger partial charge is 0.352 e. The van der Waals surface area contributed by atoms with Crippen LogP contribution in [-0.2, 0) is 11.2 Å². The molecule has 94 valence electrons. The molecule has 2 aliphatic carbocycles. The van der Waals surface area contributed by atoms with E-state index in [1.165, 1.54) is 25.0 Å². The maximum Gasteiger partial charge on any atom is 0.244 e. The van der Waals surface area contributed by atoms with Crippen molar-refractivity contribution in [3.63, 3.8) is 0 Å². The molecule has 1 aromatic carbocycles. The Labute approximate surface area is 106 Å². The van der Waals surface area contributed by atoms with Crippen molar-refractivity contribution in [2.45, 2.75) is 25.7 Å². The minimum absolute atomic E-state index is 0.0472. The second kappa shape index (κ2) is 4.56. The first-order chi connectivity index (χ1) is 8.72. The minimum Gasteiger partial charge on any atom is -0.352 e. The molecule has 0 aromatic heterocycles. The highest BCUT2D eigenvalue weighted by Crippen LogP contribution is 2.32. The lowest BCUT2D eigenvalue weighted by Gasteiger charge is -2.03. The first kappa shape index (κ1) is 11.5. The van der Waals surface area contributed by atoms with Gasteiger partial charge in [-0.1, -0.05) is 6.07 Å². The van der Waals surface area contributed by atoms with Gasteiger partial charge in [-0.15, -0.1) is 0 Å². The molecule has 3 rings (SSSR count). The van der Waals surface area contributed by atoms with Crippen molar-refractivity contribution in [1.29, 1.82) is 0 Å². The van der Waals surface area contributed by atoms with E-state index < -0.39 is 0 Å². The van der Waals surface area contributed by atoms with Crippen LogP contribution in [0.3, 0.4) is 0 Å². The van der Waals surface area contributed by atoms with Crippen molar-refractivity contribution >= 4 is 11.5 Å². The van der Waals surface area contributed by atoms with Crippen molar-refractivity contribution in [2.24, 2.45) is 5.92 Å². The van der Waals surface area contributed by atoms with Gasteiger partial charge >= 0.3 is 0 Å². The fourth-order valence-corrected chi connectivity index (χ4v) is 2.40. The number of benzene rings is 1. The fourth-order valence-electron chi connectivity index (χ4n) is 2.40. The van der Waals surface area contributed by atoms with Crippen LogP contribution in [0.15, 0.2) is 24.3 Å². The molecule has 18 heavy (non-hydrogen) atoms. The highest BCUT2D eigenvalue weighted by molar-refractivity contribution is 5.96. The summed E-state index contributed by atoms with van der Waals surface area (Å²) >= 11 is 0. The van der Waals surface area contributed by atoms with E-state index in [0.717, 1.165) is 36.1 Å². The summed E-state index contributed by atoms with van der Waals surface area (Å²) in [6, 6.07) is 4.82. The van der Waals surface area contributed by atoms with Gasteiger partial charge in [-0.3, -0.25) is 4.79 Å². The summed E-state index contributed by atoms with van der Waals surface area (Å²) < 4.78 is 13.2. The molecule has 2 nitrogen and oxygen atoms in total. The number of nitrogens with one attached hydrogen (secondary N) is 1. The van der Waals surface area contributed by atoms with E-state index in [9.17, 15) is 9.18 Å². The smallest absolute Gasteiger partial charge is 0.244 e. The molecule has 1 fully saturated rings. The maximum atomic E-state index is 13.2. The Morgan fingerprint density at radius 1 is 1.39 bits per heavy atom. The number of halogens is 1. The van der Waals surface area contributed by atoms with Crippen molar-refractivity contribution in [1.82, 2.24) is 5.32 Å². The summed E-state index contributed by atoms with van der Waals surface area (Å²) in [6.07, 6.45) is 5.82. The average molecular weight is 245 g/mol. The van der Waals surface area contributed by atoms with Gasteiger partial charge in [0.25, 0.3) is 0 Å². The van der Waals surface area contributed by atoms with Gasteiger partial charge in [-0.2, -0.15) is 0 Å². The molecule has 1 N–H and O–H groups in total. The van der Waals surface area contributed by atoms with Crippen LogP contribution in [0, 0.1) is 11.7 Å². The van der Waals surface area contributed by atoms with E-state index in [2.05, 4.69) is 5.32 Å². The van der Waals surface area contributed by atoms with Crippen molar-refractivity contribution in [2.75, 3.05) is 6.54 Å². The van der Waals surface area contributed by atoms with Gasteiger partial charge in [0, 0.05) is 12.6 Å². The molecule has 2 aliphatic rings. The van der Waals surface area contributed by atoms with E-state index in [0.29, 0.717) is 5.92 Å². The number of carbonyl (C=O) groups excluding carboxylic acids is 1. The van der Waals surface area contributed by atoms with E-state index in [4.69, 9.17) is 0 Å². The van der Waals surface area contributed by atoms with Gasteiger partial charge < -0.3 is 5.32 Å². The number of aryl methyl sites for hydroxylation is 1. The van der Waals surface area contributed by atoms with Crippen LogP contribution in [0.2, 0.25) is 0 Å². The predicted octanol–water partition coefficient (Wildman–Crippen LogP) is 2.68. The number of fused-ring (bicyclic) bond motifs is 1. The second-order valence-electron chi connectivity index (χ2n) is 5.16. The van der Waals surface area contributed by atoms with Crippen molar-refractivity contribution < 1.29 is 9.18 Å². The summed E-state index contributed by atoms with van der Waals surface area (Å²) in [5, 5.41) is 2.91. The molecule has 3 heteroatoms. The zero-order valence-corrected chi connectivity index (χ0v) is 10.2. The summed E-state index contributed by atoms with van der Waals surface area (Å²) in [7, 11) is 0. The SMILES string of the molecule is O=C(/C=C1\CCc2ccc(F)cc21)NCC1CC1. The Hall–Kier alpha value is -1.64. The average Bonchev–Trinajstić information content (AvgIpc) is 3.11. The molecule has 0 unspecified atom stereocenters. The Morgan fingerprint density at radius 2 is 2.22 bits per heavy atom. The van der Waals surface area contributed by atoms with Gasteiger partial charge in [0.05, 0.1) is 0 Å². The molecule has 0 radical (unpaired) electrons. The van der Waals surface area contributed by atoms with Crippen LogP contribution in [0.1, 0.15) is 30.4 Å². The third-order valence-electron chi connectivity index (χ3n) is 3.65. The molecule has 1 aromatic rings. The summed E-state index contributed by atoms with van der Waals surface area (Å²) in [5.74, 6) is 0.398. The predicted molar refractivity (Wildman–Crippen MR) is 68.4 cm³/mol. The number of hydrogen-bond donors (Lipinski definition) is 1. The fraction of sp³-hybridized carbons (Fsp3) is 0.400. The maximum absolute atomic E-state index is 13.2. The Kier molecular flexibility index (Phi) is 2.90. The monoisotopic (exact) mass is 245 g/mol. The van der Waals surface area contributed by atoms with E-state index in [1.54, 1.807) is 6.08 Å². The third kappa shape index (κ3) is 2.45. The first-order valence-electron chi connectivity index (χ1n) is 6.49. The van der Waals surface area contributed by atoms with Crippen LogP contribution in [0.4, 0.5) is 4.39 Å². The van der Waals surface area contributed by atoms with Gasteiger partial charge in [0.1, 0.15) is 5.82 Å². The van der Waals surface area contributed by atoms with Crippen LogP contribution >= 0.6 is 0 Å². The minimum atomic E-state index is -0.236. The van der Waals surface area contributed by atoms with Gasteiger partial charge in [-0.05, 0) is 60.4 Å². The summed E-state index contributed by atoms with van der Waals surface area (Å²) in [4.78, 5) is 11.7. The topological polar surface area (TPSA) is 29.1 Å². The number of allylic oxidation sites excluding steroid dienone is 1. The lowest BCUT2D eigenvalue weighted by molar-refractivity contribution is -0.116. The number of hydrogen-bond acceptors (Lipinski definition) is 1. The Bertz CT molecular complexity index is 517. The molecular formula is C15H16FNO. The molecule has 1 saturated carbocycles. The molecule has 1 amide bonds. The van der Waals surface area contributed by atoms with Crippen molar-refractivity contribution in [3.05, 3.63) is 41.2 Å². The molecule has 0 heterocycles. The van der Waals surface area contributed by atoms with E-state index >= 15 is 0 Å². The van der Waals surface area contributed by atoms with Gasteiger partial charge in [-0.25, -0.2) is 4.39 Å². The van der Waals surface area contributed by atoms with Crippen LogP contribution < -0.4 is 5.32 Å². The van der Waals surface area contributed by atoms with Gasteiger partial charge in [0.2, 0.25) is 5.91 Å². The molecule has 0 aliphatic heterocycles. The van der Waals surface area contributed by atoms with Crippen LogP contribution in [0.25, 0.3) is 5.57 Å². The lowest BCUT2D eigenvalue weighted by atomic mass is 10.1. The second-order valence-corrected chi connectivity index (χ2v) is 5.16. The van der Waals surface area contributed by atoms with Crippen LogP contribution in [-0.4, -0.2) is 12.5 Å². The third-order valence-corrected chi connectivity index (χ3v) is 3.65. The zero-order chi connectivity index (χ0) is 12.5. The summed E-state index contributed by atoms with van der Waals surface area (Å²) in [6.45, 7) is 0.776. The first-order valence-corrected chi connectivity index (χ1v) is 6.49. The normalized spacial score (nSPS) is 19.9. The standard InChI is InChI=1S/C15H16FNO/c16-13-6-5-11-3-4-12(14(11)8-13)7-15(18)17-9-10-1-2-10/h5-8,10H,1-4,9H2,(H,17,18)/b12-7+. The number of amides is 1. The van der Waals surface area contributed by atoms with E-state index in [-0.39, 0.29) is 11.7 Å². The van der Waals surface area contributed by atoms with Gasteiger partial charge in [0.15, 0.2) is 0 Å². The van der Waals surface area contributed by atoms with E-state index in [1.807, 2.05) is 6.07 Å². The molecule has 0 saturated heterocycles. The van der Waals surface area contributed by atoms with Crippen molar-refractivity contribution in [3.8, 4) is 0 Å². The lowest BCUT2D eigenvalue weighted by Crippen LogP contribution is -2.23. The molecule has 0 bridgehead atoms. The number of carbonyl (C=O) groups is 1. The quantitative estimate of drug-likeness (QED) is 0.815. The Balaban J connectivity index is 1.73. The zero-order valence-electron chi connectivity index (χ0n) is 10.2. The molecular weight excluding hydrogens is 229 g/mol. The highest BCUT2D eigenvalue weighted by Gasteiger charge is 2.22. The molecule has 0 atom stereocenters. The molecule has 0 spiro atoms. The summed E-state index contributed by atoms with van der Waals surface area (Å²) in [5.41, 5.74) is 2.99. The highest BCUT2D eigenvalue weighted by atomic mass is 19.1.